The second kappa shape index (κ2) is 7.21. The highest BCUT2D eigenvalue weighted by molar-refractivity contribution is 7.89. The van der Waals surface area contributed by atoms with Gasteiger partial charge in [-0.3, -0.25) is 4.79 Å². The van der Waals surface area contributed by atoms with Gasteiger partial charge in [0.25, 0.3) is 0 Å². The quantitative estimate of drug-likeness (QED) is 0.809. The summed E-state index contributed by atoms with van der Waals surface area (Å²) in [6.07, 6.45) is 3.34. The Morgan fingerprint density at radius 1 is 1.42 bits per heavy atom. The minimum absolute atomic E-state index is 0.0960. The molecule has 1 amide bonds. The van der Waals surface area contributed by atoms with Crippen molar-refractivity contribution in [2.75, 3.05) is 31.1 Å². The van der Waals surface area contributed by atoms with Crippen molar-refractivity contribution in [3.05, 3.63) is 23.8 Å². The fraction of sp³-hybridized carbons (Fsp3) is 0.588. The van der Waals surface area contributed by atoms with Crippen molar-refractivity contribution in [3.63, 3.8) is 0 Å². The van der Waals surface area contributed by atoms with Crippen LogP contribution in [0, 0.1) is 5.92 Å². The maximum Gasteiger partial charge on any atom is 0.240 e. The lowest BCUT2D eigenvalue weighted by Crippen LogP contribution is -2.29. The monoisotopic (exact) mass is 351 g/mol. The lowest BCUT2D eigenvalue weighted by Gasteiger charge is -2.19. The minimum Gasteiger partial charge on any atom is -0.316 e. The molecular weight excluding hydrogens is 326 g/mol. The van der Waals surface area contributed by atoms with Gasteiger partial charge in [0, 0.05) is 25.2 Å². The third-order valence-corrected chi connectivity index (χ3v) is 6.37. The molecule has 0 radical (unpaired) electrons. The van der Waals surface area contributed by atoms with E-state index in [0.717, 1.165) is 43.6 Å². The van der Waals surface area contributed by atoms with Crippen LogP contribution >= 0.6 is 0 Å². The van der Waals surface area contributed by atoms with E-state index < -0.39 is 10.0 Å². The van der Waals surface area contributed by atoms with E-state index in [9.17, 15) is 13.2 Å². The lowest BCUT2D eigenvalue weighted by molar-refractivity contribution is -0.118. The Bertz CT molecular complexity index is 712. The largest absolute Gasteiger partial charge is 0.316 e. The Hall–Kier alpha value is -1.44. The number of rotatable bonds is 6. The molecule has 2 N–H and O–H groups in total. The number of sulfonamides is 1. The van der Waals surface area contributed by atoms with Crippen LogP contribution in [0.1, 0.15) is 31.7 Å². The molecule has 2 aliphatic rings. The highest BCUT2D eigenvalue weighted by Crippen LogP contribution is 2.31. The first-order chi connectivity index (χ1) is 11.5. The molecular formula is C17H25N3O3S. The van der Waals surface area contributed by atoms with Gasteiger partial charge in [-0.1, -0.05) is 13.0 Å². The number of carbonyl (C=O) groups is 1. The van der Waals surface area contributed by atoms with Gasteiger partial charge in [0.1, 0.15) is 0 Å². The molecule has 24 heavy (non-hydrogen) atoms. The van der Waals surface area contributed by atoms with Crippen molar-refractivity contribution >= 4 is 21.6 Å². The highest BCUT2D eigenvalue weighted by atomic mass is 32.2. The molecule has 2 heterocycles. The fourth-order valence-corrected chi connectivity index (χ4v) is 4.54. The number of hydrogen-bond donors (Lipinski definition) is 2. The number of benzene rings is 1. The van der Waals surface area contributed by atoms with E-state index in [1.807, 2.05) is 6.07 Å². The smallest absolute Gasteiger partial charge is 0.240 e. The zero-order valence-electron chi connectivity index (χ0n) is 14.0. The van der Waals surface area contributed by atoms with E-state index in [-0.39, 0.29) is 10.8 Å². The molecule has 6 nitrogen and oxygen atoms in total. The van der Waals surface area contributed by atoms with Crippen LogP contribution in [0.2, 0.25) is 0 Å². The Morgan fingerprint density at radius 3 is 2.96 bits per heavy atom. The summed E-state index contributed by atoms with van der Waals surface area (Å²) in [5.74, 6) is 0.676. The number of anilines is 1. The fourth-order valence-electron chi connectivity index (χ4n) is 3.48. The van der Waals surface area contributed by atoms with Crippen LogP contribution in [0.3, 0.4) is 0 Å². The van der Waals surface area contributed by atoms with Crippen LogP contribution in [0.25, 0.3) is 0 Å². The van der Waals surface area contributed by atoms with E-state index in [1.54, 1.807) is 24.0 Å². The first-order valence-corrected chi connectivity index (χ1v) is 10.1. The summed E-state index contributed by atoms with van der Waals surface area (Å²) in [6, 6.07) is 5.08. The van der Waals surface area contributed by atoms with Crippen molar-refractivity contribution in [1.29, 1.82) is 0 Å². The summed E-state index contributed by atoms with van der Waals surface area (Å²) in [5.41, 5.74) is 1.80. The SMILES string of the molecule is CCNS(=O)(=O)c1ccc2c(c1)N(C(=O)CCC1CCNC1)CC2. The van der Waals surface area contributed by atoms with Crippen LogP contribution in [0.4, 0.5) is 5.69 Å². The molecule has 1 atom stereocenters. The van der Waals surface area contributed by atoms with Crippen molar-refractivity contribution < 1.29 is 13.2 Å². The first kappa shape index (κ1) is 17.4. The molecule has 0 saturated carbocycles. The molecule has 132 valence electrons. The van der Waals surface area contributed by atoms with Crippen LogP contribution in [-0.4, -0.2) is 40.5 Å². The van der Waals surface area contributed by atoms with Gasteiger partial charge in [0.05, 0.1) is 4.90 Å². The number of hydrogen-bond acceptors (Lipinski definition) is 4. The summed E-state index contributed by atoms with van der Waals surface area (Å²) in [5, 5.41) is 3.32. The van der Waals surface area contributed by atoms with Crippen LogP contribution < -0.4 is 14.9 Å². The molecule has 1 saturated heterocycles. The van der Waals surface area contributed by atoms with Gasteiger partial charge in [0.15, 0.2) is 0 Å². The molecule has 1 aromatic rings. The predicted octanol–water partition coefficient (Wildman–Crippen LogP) is 1.26. The van der Waals surface area contributed by atoms with Crippen molar-refractivity contribution in [2.45, 2.75) is 37.5 Å². The maximum atomic E-state index is 12.6. The number of carbonyl (C=O) groups excluding carboxylic acids is 1. The van der Waals surface area contributed by atoms with Gasteiger partial charge in [-0.15, -0.1) is 0 Å². The molecule has 0 aromatic heterocycles. The molecule has 0 bridgehead atoms. The Kier molecular flexibility index (Phi) is 5.22. The molecule has 0 aliphatic carbocycles. The summed E-state index contributed by atoms with van der Waals surface area (Å²) in [7, 11) is -3.50. The zero-order valence-corrected chi connectivity index (χ0v) is 14.9. The van der Waals surface area contributed by atoms with Gasteiger partial charge >= 0.3 is 0 Å². The summed E-state index contributed by atoms with van der Waals surface area (Å²) >= 11 is 0. The van der Waals surface area contributed by atoms with Gasteiger partial charge < -0.3 is 10.2 Å². The van der Waals surface area contributed by atoms with E-state index in [1.165, 1.54) is 0 Å². The molecule has 7 heteroatoms. The van der Waals surface area contributed by atoms with E-state index in [4.69, 9.17) is 0 Å². The second-order valence-corrected chi connectivity index (χ2v) is 8.25. The van der Waals surface area contributed by atoms with E-state index in [2.05, 4.69) is 10.0 Å². The third kappa shape index (κ3) is 3.63. The maximum absolute atomic E-state index is 12.6. The molecule has 1 fully saturated rings. The topological polar surface area (TPSA) is 78.5 Å². The lowest BCUT2D eigenvalue weighted by atomic mass is 10.0. The van der Waals surface area contributed by atoms with Gasteiger partial charge in [0.2, 0.25) is 15.9 Å². The van der Waals surface area contributed by atoms with Crippen LogP contribution in [0.5, 0.6) is 0 Å². The van der Waals surface area contributed by atoms with Crippen molar-refractivity contribution in [1.82, 2.24) is 10.0 Å². The minimum atomic E-state index is -3.50. The molecule has 1 aromatic carbocycles. The number of nitrogens with one attached hydrogen (secondary N) is 2. The standard InChI is InChI=1S/C17H25N3O3S/c1-2-19-24(22,23)15-5-4-14-8-10-20(16(14)11-15)17(21)6-3-13-7-9-18-12-13/h4-5,11,13,18-19H,2-3,6-10,12H2,1H3. The molecule has 2 aliphatic heterocycles. The number of amides is 1. The molecule has 0 spiro atoms. The van der Waals surface area contributed by atoms with Gasteiger partial charge in [-0.05, 0) is 56.0 Å². The van der Waals surface area contributed by atoms with Gasteiger partial charge in [-0.25, -0.2) is 13.1 Å². The Labute approximate surface area is 143 Å². The van der Waals surface area contributed by atoms with E-state index in [0.29, 0.717) is 25.4 Å². The van der Waals surface area contributed by atoms with Gasteiger partial charge in [-0.2, -0.15) is 0 Å². The average Bonchev–Trinajstić information content (AvgIpc) is 3.21. The number of fused-ring (bicyclic) bond motifs is 1. The normalized spacial score (nSPS) is 20.4. The first-order valence-electron chi connectivity index (χ1n) is 8.65. The summed E-state index contributed by atoms with van der Waals surface area (Å²) in [4.78, 5) is 14.6. The predicted molar refractivity (Wildman–Crippen MR) is 93.6 cm³/mol. The van der Waals surface area contributed by atoms with Crippen molar-refractivity contribution in [2.24, 2.45) is 5.92 Å². The Balaban J connectivity index is 1.73. The third-order valence-electron chi connectivity index (χ3n) is 4.83. The number of nitrogens with zero attached hydrogens (tertiary/aromatic N) is 1. The Morgan fingerprint density at radius 2 is 2.25 bits per heavy atom. The highest BCUT2D eigenvalue weighted by Gasteiger charge is 2.27. The zero-order chi connectivity index (χ0) is 17.2. The van der Waals surface area contributed by atoms with E-state index >= 15 is 0 Å². The van der Waals surface area contributed by atoms with Crippen molar-refractivity contribution in [3.8, 4) is 0 Å². The molecule has 1 unspecified atom stereocenters. The second-order valence-electron chi connectivity index (χ2n) is 6.48. The molecule has 3 rings (SSSR count). The van der Waals surface area contributed by atoms with Crippen LogP contribution in [0.15, 0.2) is 23.1 Å². The summed E-state index contributed by atoms with van der Waals surface area (Å²) in [6.45, 7) is 4.77. The summed E-state index contributed by atoms with van der Waals surface area (Å²) < 4.78 is 26.9. The average molecular weight is 351 g/mol. The van der Waals surface area contributed by atoms with Crippen LogP contribution in [-0.2, 0) is 21.2 Å².